The summed E-state index contributed by atoms with van der Waals surface area (Å²) in [5, 5.41) is 1.10. The van der Waals surface area contributed by atoms with E-state index in [1.54, 1.807) is 0 Å². The second kappa shape index (κ2) is 13.8. The normalized spacial score (nSPS) is 11.1. The lowest BCUT2D eigenvalue weighted by atomic mass is 9.96. The summed E-state index contributed by atoms with van der Waals surface area (Å²) in [4.78, 5) is 2.32. The van der Waals surface area contributed by atoms with Crippen molar-refractivity contribution in [2.75, 3.05) is 4.90 Å². The van der Waals surface area contributed by atoms with Crippen LogP contribution in [0.5, 0.6) is 0 Å². The molecule has 0 unspecified atom stereocenters. The summed E-state index contributed by atoms with van der Waals surface area (Å²) in [7, 11) is 0. The molecule has 8 aromatic carbocycles. The Morgan fingerprint density at radius 2 is 0.692 bits per heavy atom. The molecule has 0 aliphatic rings. The molecule has 0 bridgehead atoms. The van der Waals surface area contributed by atoms with Crippen molar-refractivity contribution in [3.8, 4) is 55.8 Å². The number of para-hydroxylation sites is 1. The zero-order valence-electron chi connectivity index (χ0n) is 28.6. The highest BCUT2D eigenvalue weighted by atomic mass is 16.3. The highest BCUT2D eigenvalue weighted by molar-refractivity contribution is 6.02. The summed E-state index contributed by atoms with van der Waals surface area (Å²) in [5.74, 6) is 0.856. The Labute approximate surface area is 304 Å². The first-order chi connectivity index (χ1) is 25.8. The first kappa shape index (κ1) is 31.1. The van der Waals surface area contributed by atoms with Gasteiger partial charge in [-0.15, -0.1) is 0 Å². The van der Waals surface area contributed by atoms with Gasteiger partial charge in [0, 0.05) is 33.6 Å². The highest BCUT2D eigenvalue weighted by Crippen LogP contribution is 2.44. The molecule has 9 aromatic rings. The van der Waals surface area contributed by atoms with E-state index < -0.39 is 0 Å². The van der Waals surface area contributed by atoms with Crippen molar-refractivity contribution in [1.29, 1.82) is 0 Å². The van der Waals surface area contributed by atoms with E-state index in [9.17, 15) is 0 Å². The van der Waals surface area contributed by atoms with Crippen molar-refractivity contribution in [1.82, 2.24) is 0 Å². The summed E-state index contributed by atoms with van der Waals surface area (Å²) in [5.41, 5.74) is 14.4. The summed E-state index contributed by atoms with van der Waals surface area (Å²) in [6.07, 6.45) is 0. The van der Waals surface area contributed by atoms with Crippen molar-refractivity contribution >= 4 is 28.0 Å². The predicted octanol–water partition coefficient (Wildman–Crippen LogP) is 14.2. The van der Waals surface area contributed by atoms with Gasteiger partial charge in [0.25, 0.3) is 0 Å². The first-order valence-electron chi connectivity index (χ1n) is 17.7. The van der Waals surface area contributed by atoms with Gasteiger partial charge in [-0.2, -0.15) is 0 Å². The molecule has 0 amide bonds. The molecule has 1 heterocycles. The first-order valence-corrected chi connectivity index (χ1v) is 17.7. The van der Waals surface area contributed by atoms with Gasteiger partial charge in [-0.25, -0.2) is 0 Å². The molecule has 9 rings (SSSR count). The van der Waals surface area contributed by atoms with E-state index >= 15 is 0 Å². The third-order valence-electron chi connectivity index (χ3n) is 9.71. The Bertz CT molecular complexity index is 2490. The molecule has 0 saturated heterocycles. The maximum absolute atomic E-state index is 6.71. The minimum absolute atomic E-state index is 0.856. The maximum atomic E-state index is 6.71. The fourth-order valence-corrected chi connectivity index (χ4v) is 7.10. The van der Waals surface area contributed by atoms with Crippen molar-refractivity contribution in [2.45, 2.75) is 0 Å². The molecule has 2 heteroatoms. The molecule has 0 aliphatic carbocycles. The van der Waals surface area contributed by atoms with Crippen LogP contribution in [0.3, 0.4) is 0 Å². The third kappa shape index (κ3) is 6.08. The monoisotopic (exact) mass is 665 g/mol. The van der Waals surface area contributed by atoms with Crippen molar-refractivity contribution in [2.24, 2.45) is 0 Å². The van der Waals surface area contributed by atoms with Crippen LogP contribution in [0, 0.1) is 0 Å². The lowest BCUT2D eigenvalue weighted by Gasteiger charge is -2.26. The van der Waals surface area contributed by atoms with E-state index in [-0.39, 0.29) is 0 Å². The largest absolute Gasteiger partial charge is 0.455 e. The van der Waals surface area contributed by atoms with Crippen LogP contribution in [-0.4, -0.2) is 0 Å². The molecular formula is C50H35NO. The standard InChI is InChI=1S/C50H35NO/c1-4-13-36(14-5-1)39-23-25-42(26-24-39)49-47-21-10-11-22-48(47)52-50(49)43-19-12-20-46(35-43)51(44-31-27-40(28-32-44)37-15-6-2-7-16-37)45-33-29-41(30-34-45)38-17-8-3-9-18-38/h1-35H. The molecule has 2 nitrogen and oxygen atoms in total. The molecule has 0 N–H and O–H groups in total. The zero-order chi connectivity index (χ0) is 34.7. The molecule has 0 radical (unpaired) electrons. The molecule has 1 aromatic heterocycles. The van der Waals surface area contributed by atoms with Gasteiger partial charge in [-0.3, -0.25) is 0 Å². The fraction of sp³-hybridized carbons (Fsp3) is 0. The quantitative estimate of drug-likeness (QED) is 0.161. The lowest BCUT2D eigenvalue weighted by Crippen LogP contribution is -2.10. The number of nitrogens with zero attached hydrogens (tertiary/aromatic N) is 1. The zero-order valence-corrected chi connectivity index (χ0v) is 28.6. The van der Waals surface area contributed by atoms with Gasteiger partial charge in [0.2, 0.25) is 0 Å². The topological polar surface area (TPSA) is 16.4 Å². The van der Waals surface area contributed by atoms with Crippen LogP contribution in [0.2, 0.25) is 0 Å². The average molecular weight is 666 g/mol. The summed E-state index contributed by atoms with van der Waals surface area (Å²) in [6, 6.07) is 75.1. The van der Waals surface area contributed by atoms with Gasteiger partial charge >= 0.3 is 0 Å². The maximum Gasteiger partial charge on any atom is 0.143 e. The molecule has 246 valence electrons. The van der Waals surface area contributed by atoms with Gasteiger partial charge in [-0.05, 0) is 81.4 Å². The minimum Gasteiger partial charge on any atom is -0.455 e. The van der Waals surface area contributed by atoms with E-state index in [1.165, 1.54) is 33.4 Å². The number of fused-ring (bicyclic) bond motifs is 1. The van der Waals surface area contributed by atoms with Crippen molar-refractivity contribution in [3.05, 3.63) is 212 Å². The smallest absolute Gasteiger partial charge is 0.143 e. The highest BCUT2D eigenvalue weighted by Gasteiger charge is 2.20. The van der Waals surface area contributed by atoms with Crippen LogP contribution < -0.4 is 4.90 Å². The van der Waals surface area contributed by atoms with Gasteiger partial charge in [0.1, 0.15) is 11.3 Å². The number of hydrogen-bond donors (Lipinski definition) is 0. The second-order valence-corrected chi connectivity index (χ2v) is 13.0. The van der Waals surface area contributed by atoms with Crippen LogP contribution in [-0.2, 0) is 0 Å². The van der Waals surface area contributed by atoms with Gasteiger partial charge in [-0.1, -0.05) is 170 Å². The molecule has 0 spiro atoms. The van der Waals surface area contributed by atoms with E-state index in [4.69, 9.17) is 4.42 Å². The molecule has 52 heavy (non-hydrogen) atoms. The van der Waals surface area contributed by atoms with Crippen LogP contribution in [0.1, 0.15) is 0 Å². The second-order valence-electron chi connectivity index (χ2n) is 13.0. The van der Waals surface area contributed by atoms with E-state index in [0.717, 1.165) is 50.5 Å². The Hall–Kier alpha value is -6.90. The summed E-state index contributed by atoms with van der Waals surface area (Å²) >= 11 is 0. The Morgan fingerprint density at radius 3 is 1.21 bits per heavy atom. The molecule has 0 saturated carbocycles. The lowest BCUT2D eigenvalue weighted by molar-refractivity contribution is 0.632. The molecule has 0 aliphatic heterocycles. The van der Waals surface area contributed by atoms with Gasteiger partial charge in [0.05, 0.1) is 0 Å². The number of hydrogen-bond acceptors (Lipinski definition) is 2. The van der Waals surface area contributed by atoms with E-state index in [1.807, 2.05) is 6.07 Å². The minimum atomic E-state index is 0.856. The average Bonchev–Trinajstić information content (AvgIpc) is 3.63. The van der Waals surface area contributed by atoms with Gasteiger partial charge < -0.3 is 9.32 Å². The van der Waals surface area contributed by atoms with Gasteiger partial charge in [0.15, 0.2) is 0 Å². The van der Waals surface area contributed by atoms with E-state index in [0.29, 0.717) is 0 Å². The van der Waals surface area contributed by atoms with Crippen molar-refractivity contribution in [3.63, 3.8) is 0 Å². The number of anilines is 3. The fourth-order valence-electron chi connectivity index (χ4n) is 7.10. The SMILES string of the molecule is c1ccc(-c2ccc(-c3c(-c4cccc(N(c5ccc(-c6ccccc6)cc5)c5ccc(-c6ccccc6)cc5)c4)oc4ccccc34)cc2)cc1. The Balaban J connectivity index is 1.15. The molecular weight excluding hydrogens is 631 g/mol. The number of rotatable bonds is 8. The number of furan rings is 1. The summed E-state index contributed by atoms with van der Waals surface area (Å²) in [6.45, 7) is 0. The summed E-state index contributed by atoms with van der Waals surface area (Å²) < 4.78 is 6.71. The van der Waals surface area contributed by atoms with Crippen LogP contribution in [0.15, 0.2) is 217 Å². The predicted molar refractivity (Wildman–Crippen MR) is 218 cm³/mol. The molecule has 0 atom stereocenters. The van der Waals surface area contributed by atoms with Crippen LogP contribution >= 0.6 is 0 Å². The third-order valence-corrected chi connectivity index (χ3v) is 9.71. The van der Waals surface area contributed by atoms with Crippen LogP contribution in [0.4, 0.5) is 17.1 Å². The Morgan fingerprint density at radius 1 is 0.288 bits per heavy atom. The van der Waals surface area contributed by atoms with Crippen molar-refractivity contribution < 1.29 is 4.42 Å². The Kier molecular flexibility index (Phi) is 8.24. The number of benzene rings is 8. The van der Waals surface area contributed by atoms with Crippen LogP contribution in [0.25, 0.3) is 66.8 Å². The van der Waals surface area contributed by atoms with E-state index in [2.05, 4.69) is 211 Å². The molecule has 0 fully saturated rings.